The molecule has 0 fully saturated rings. The molecule has 0 radical (unpaired) electrons. The number of fused-ring (bicyclic) bond motifs is 1. The van der Waals surface area contributed by atoms with Crippen LogP contribution >= 0.6 is 11.8 Å². The summed E-state index contributed by atoms with van der Waals surface area (Å²) in [5.74, 6) is 1.11. The van der Waals surface area contributed by atoms with Crippen LogP contribution in [0, 0.1) is 13.8 Å². The molecule has 0 saturated heterocycles. The van der Waals surface area contributed by atoms with E-state index in [9.17, 15) is 4.79 Å². The lowest BCUT2D eigenvalue weighted by Crippen LogP contribution is -2.24. The van der Waals surface area contributed by atoms with Crippen molar-refractivity contribution in [3.05, 3.63) is 81.7 Å². The lowest BCUT2D eigenvalue weighted by atomic mass is 10.1. The molecule has 2 heterocycles. The maximum absolute atomic E-state index is 13.2. The van der Waals surface area contributed by atoms with Gasteiger partial charge < -0.3 is 4.52 Å². The first-order chi connectivity index (χ1) is 13.5. The summed E-state index contributed by atoms with van der Waals surface area (Å²) in [5, 5.41) is 4.97. The number of rotatable bonds is 5. The minimum absolute atomic E-state index is 0.0532. The van der Waals surface area contributed by atoms with Crippen molar-refractivity contribution in [3.8, 4) is 0 Å². The second-order valence-corrected chi connectivity index (χ2v) is 8.04. The van der Waals surface area contributed by atoms with Crippen LogP contribution in [0.3, 0.4) is 0 Å². The highest BCUT2D eigenvalue weighted by Crippen LogP contribution is 2.33. The average molecular weight is 392 g/mol. The van der Waals surface area contributed by atoms with Crippen molar-refractivity contribution in [1.82, 2.24) is 19.7 Å². The molecule has 28 heavy (non-hydrogen) atoms. The average Bonchev–Trinajstić information content (AvgIpc) is 3.13. The molecule has 0 aliphatic heterocycles. The van der Waals surface area contributed by atoms with Gasteiger partial charge >= 0.3 is 0 Å². The van der Waals surface area contributed by atoms with Crippen LogP contribution in [-0.2, 0) is 6.54 Å². The normalized spacial score (nSPS) is 12.4. The molecule has 0 aliphatic rings. The maximum Gasteiger partial charge on any atom is 0.262 e. The van der Waals surface area contributed by atoms with Gasteiger partial charge in [0.15, 0.2) is 11.0 Å². The zero-order valence-corrected chi connectivity index (χ0v) is 16.7. The Bertz CT molecular complexity index is 1180. The number of hydrogen-bond acceptors (Lipinski definition) is 6. The maximum atomic E-state index is 13.2. The molecular weight excluding hydrogens is 372 g/mol. The van der Waals surface area contributed by atoms with Gasteiger partial charge in [-0.1, -0.05) is 58.9 Å². The van der Waals surface area contributed by atoms with Gasteiger partial charge in [0, 0.05) is 0 Å². The largest absolute Gasteiger partial charge is 0.338 e. The molecule has 142 valence electrons. The van der Waals surface area contributed by atoms with Gasteiger partial charge in [-0.05, 0) is 38.5 Å². The van der Waals surface area contributed by atoms with E-state index in [0.29, 0.717) is 34.3 Å². The second kappa shape index (κ2) is 7.59. The van der Waals surface area contributed by atoms with Gasteiger partial charge in [-0.3, -0.25) is 9.36 Å². The first-order valence-corrected chi connectivity index (χ1v) is 9.91. The molecule has 0 unspecified atom stereocenters. The van der Waals surface area contributed by atoms with Crippen LogP contribution in [0.15, 0.2) is 63.0 Å². The predicted octanol–water partition coefficient (Wildman–Crippen LogP) is 4.30. The molecule has 0 amide bonds. The number of aromatic nitrogens is 4. The number of aryl methyl sites for hydroxylation is 2. The highest BCUT2D eigenvalue weighted by Gasteiger charge is 2.19. The fraction of sp³-hybridized carbons (Fsp3) is 0.238. The zero-order chi connectivity index (χ0) is 19.7. The summed E-state index contributed by atoms with van der Waals surface area (Å²) in [4.78, 5) is 22.3. The molecule has 0 bridgehead atoms. The van der Waals surface area contributed by atoms with Crippen molar-refractivity contribution >= 4 is 22.7 Å². The molecular formula is C21H20N4O2S. The lowest BCUT2D eigenvalue weighted by Gasteiger charge is -2.15. The van der Waals surface area contributed by atoms with Crippen molar-refractivity contribution in [1.29, 1.82) is 0 Å². The third-order valence-electron chi connectivity index (χ3n) is 4.46. The third kappa shape index (κ3) is 3.71. The van der Waals surface area contributed by atoms with Gasteiger partial charge in [-0.2, -0.15) is 4.98 Å². The van der Waals surface area contributed by atoms with Gasteiger partial charge in [0.05, 0.1) is 22.7 Å². The minimum atomic E-state index is -0.126. The Balaban J connectivity index is 1.78. The highest BCUT2D eigenvalue weighted by molar-refractivity contribution is 7.99. The van der Waals surface area contributed by atoms with Gasteiger partial charge in [-0.25, -0.2) is 4.98 Å². The first kappa shape index (κ1) is 18.4. The van der Waals surface area contributed by atoms with E-state index < -0.39 is 0 Å². The Kier molecular flexibility index (Phi) is 5.00. The van der Waals surface area contributed by atoms with Crippen LogP contribution in [0.1, 0.15) is 35.0 Å². The first-order valence-electron chi connectivity index (χ1n) is 9.03. The van der Waals surface area contributed by atoms with Gasteiger partial charge in [0.1, 0.15) is 0 Å². The SMILES string of the molecule is Cc1ccc(Cn2c(S[C@H](C)c3nc(C)no3)nc3ccccc3c2=O)cc1. The van der Waals surface area contributed by atoms with E-state index in [1.54, 1.807) is 11.5 Å². The Hall–Kier alpha value is -2.93. The number of nitrogens with zero attached hydrogens (tertiary/aromatic N) is 4. The molecule has 0 spiro atoms. The summed E-state index contributed by atoms with van der Waals surface area (Å²) >= 11 is 1.44. The van der Waals surface area contributed by atoms with Crippen LogP contribution in [-0.4, -0.2) is 19.7 Å². The van der Waals surface area contributed by atoms with Crippen LogP contribution in [0.2, 0.25) is 0 Å². The minimum Gasteiger partial charge on any atom is -0.338 e. The molecule has 0 saturated carbocycles. The molecule has 4 rings (SSSR count). The Labute approximate surface area is 166 Å². The highest BCUT2D eigenvalue weighted by atomic mass is 32.2. The fourth-order valence-corrected chi connectivity index (χ4v) is 3.88. The van der Waals surface area contributed by atoms with Crippen LogP contribution in [0.4, 0.5) is 0 Å². The van der Waals surface area contributed by atoms with Crippen LogP contribution in [0.5, 0.6) is 0 Å². The zero-order valence-electron chi connectivity index (χ0n) is 15.9. The van der Waals surface area contributed by atoms with Crippen molar-refractivity contribution in [2.75, 3.05) is 0 Å². The van der Waals surface area contributed by atoms with Crippen LogP contribution in [0.25, 0.3) is 10.9 Å². The van der Waals surface area contributed by atoms with Crippen molar-refractivity contribution in [2.45, 2.75) is 37.7 Å². The van der Waals surface area contributed by atoms with E-state index in [-0.39, 0.29) is 10.8 Å². The quantitative estimate of drug-likeness (QED) is 0.372. The standard InChI is InChI=1S/C21H20N4O2S/c1-13-8-10-16(11-9-13)12-25-20(26)17-6-4-5-7-18(17)23-21(25)28-14(2)19-22-15(3)24-27-19/h4-11,14H,12H2,1-3H3/t14-/m1/s1. The van der Waals surface area contributed by atoms with E-state index >= 15 is 0 Å². The molecule has 6 nitrogen and oxygen atoms in total. The number of benzene rings is 2. The summed E-state index contributed by atoms with van der Waals surface area (Å²) in [5.41, 5.74) is 2.86. The second-order valence-electron chi connectivity index (χ2n) is 6.73. The van der Waals surface area contributed by atoms with Crippen molar-refractivity contribution in [3.63, 3.8) is 0 Å². The molecule has 1 atom stereocenters. The number of hydrogen-bond donors (Lipinski definition) is 0. The van der Waals surface area contributed by atoms with E-state index in [2.05, 4.69) is 10.1 Å². The Morgan fingerprint density at radius 3 is 2.54 bits per heavy atom. The Morgan fingerprint density at radius 1 is 1.07 bits per heavy atom. The summed E-state index contributed by atoms with van der Waals surface area (Å²) < 4.78 is 7.01. The smallest absolute Gasteiger partial charge is 0.262 e. The van der Waals surface area contributed by atoms with Gasteiger partial charge in [0.2, 0.25) is 5.89 Å². The van der Waals surface area contributed by atoms with E-state index in [1.807, 2.05) is 62.4 Å². The van der Waals surface area contributed by atoms with Crippen LogP contribution < -0.4 is 5.56 Å². The third-order valence-corrected chi connectivity index (χ3v) is 5.54. The van der Waals surface area contributed by atoms with E-state index in [4.69, 9.17) is 9.51 Å². The monoisotopic (exact) mass is 392 g/mol. The van der Waals surface area contributed by atoms with Gasteiger partial charge in [0.25, 0.3) is 5.56 Å². The molecule has 0 N–H and O–H groups in total. The Morgan fingerprint density at radius 2 is 1.82 bits per heavy atom. The molecule has 7 heteroatoms. The van der Waals surface area contributed by atoms with E-state index in [1.165, 1.54) is 17.3 Å². The summed E-state index contributed by atoms with van der Waals surface area (Å²) in [6.45, 7) is 6.25. The number of para-hydroxylation sites is 1. The summed E-state index contributed by atoms with van der Waals surface area (Å²) in [6, 6.07) is 15.6. The molecule has 2 aromatic carbocycles. The summed E-state index contributed by atoms with van der Waals surface area (Å²) in [6.07, 6.45) is 0. The van der Waals surface area contributed by atoms with Gasteiger partial charge in [-0.15, -0.1) is 0 Å². The summed E-state index contributed by atoms with van der Waals surface area (Å²) in [7, 11) is 0. The van der Waals surface area contributed by atoms with Crippen molar-refractivity contribution in [2.24, 2.45) is 0 Å². The topological polar surface area (TPSA) is 73.8 Å². The predicted molar refractivity (Wildman–Crippen MR) is 110 cm³/mol. The fourth-order valence-electron chi connectivity index (χ4n) is 2.94. The molecule has 4 aromatic rings. The molecule has 2 aromatic heterocycles. The molecule has 0 aliphatic carbocycles. The number of thioether (sulfide) groups is 1. The lowest BCUT2D eigenvalue weighted by molar-refractivity contribution is 0.376. The van der Waals surface area contributed by atoms with E-state index in [0.717, 1.165) is 5.56 Å². The van der Waals surface area contributed by atoms with Crippen molar-refractivity contribution < 1.29 is 4.52 Å².